The summed E-state index contributed by atoms with van der Waals surface area (Å²) in [7, 11) is -2.32. The lowest BCUT2D eigenvalue weighted by Gasteiger charge is -2.24. The highest BCUT2D eigenvalue weighted by Gasteiger charge is 2.39. The summed E-state index contributed by atoms with van der Waals surface area (Å²) in [5, 5.41) is -0.0756. The van der Waals surface area contributed by atoms with Crippen LogP contribution >= 0.6 is 11.6 Å². The molecule has 29 heavy (non-hydrogen) atoms. The minimum Gasteiger partial charge on any atom is -0.380 e. The van der Waals surface area contributed by atoms with Crippen LogP contribution in [0.3, 0.4) is 0 Å². The summed E-state index contributed by atoms with van der Waals surface area (Å²) in [6, 6.07) is 1.33. The van der Waals surface area contributed by atoms with Crippen molar-refractivity contribution in [2.24, 2.45) is 5.92 Å². The molecule has 0 spiro atoms. The molecule has 1 saturated heterocycles. The lowest BCUT2D eigenvalue weighted by atomic mass is 9.81. The number of Topliss-reactive ketones (excluding diaryl/α,β-unsaturated/α-hetero) is 3. The number of carbonyl (C=O) groups excluding carboxylic acids is 3. The van der Waals surface area contributed by atoms with Crippen LogP contribution in [0.4, 0.5) is 0 Å². The number of rotatable bonds is 6. The molecule has 1 atom stereocenters. The fraction of sp³-hybridized carbons (Fsp3) is 0.550. The summed E-state index contributed by atoms with van der Waals surface area (Å²) in [5.74, 6) is -2.94. The van der Waals surface area contributed by atoms with Gasteiger partial charge < -0.3 is 9.47 Å². The topological polar surface area (TPSA) is 104 Å². The fourth-order valence-electron chi connectivity index (χ4n) is 4.05. The van der Waals surface area contributed by atoms with Gasteiger partial charge in [0, 0.05) is 43.9 Å². The molecule has 1 unspecified atom stereocenters. The highest BCUT2D eigenvalue weighted by Crippen LogP contribution is 2.42. The summed E-state index contributed by atoms with van der Waals surface area (Å²) in [5.41, 5.74) is 0.425. The van der Waals surface area contributed by atoms with Gasteiger partial charge in [0.1, 0.15) is 5.92 Å². The van der Waals surface area contributed by atoms with E-state index >= 15 is 0 Å². The number of benzene rings is 1. The average molecular weight is 443 g/mol. The van der Waals surface area contributed by atoms with Crippen molar-refractivity contribution in [1.29, 1.82) is 0 Å². The number of sulfone groups is 1. The lowest BCUT2D eigenvalue weighted by Crippen LogP contribution is -2.35. The van der Waals surface area contributed by atoms with Crippen LogP contribution in [0, 0.1) is 5.92 Å². The second kappa shape index (κ2) is 8.63. The first-order chi connectivity index (χ1) is 13.7. The molecule has 2 fully saturated rings. The normalized spacial score (nSPS) is 21.0. The van der Waals surface area contributed by atoms with Crippen molar-refractivity contribution in [3.8, 4) is 0 Å². The zero-order chi connectivity index (χ0) is 21.3. The number of hydrogen-bond donors (Lipinski definition) is 0. The summed E-state index contributed by atoms with van der Waals surface area (Å²) in [6.07, 6.45) is 2.49. The van der Waals surface area contributed by atoms with E-state index in [0.29, 0.717) is 19.4 Å². The molecule has 0 radical (unpaired) electrons. The van der Waals surface area contributed by atoms with E-state index in [2.05, 4.69) is 0 Å². The third-order valence-corrected chi connectivity index (χ3v) is 6.90. The van der Waals surface area contributed by atoms with Crippen LogP contribution in [-0.2, 0) is 35.5 Å². The molecule has 9 heteroatoms. The van der Waals surface area contributed by atoms with Gasteiger partial charge in [-0.3, -0.25) is 14.4 Å². The Bertz CT molecular complexity index is 946. The number of hydrogen-bond acceptors (Lipinski definition) is 7. The van der Waals surface area contributed by atoms with Gasteiger partial charge in [0.2, 0.25) is 0 Å². The molecule has 1 aromatic rings. The SMILES string of the molecule is COCc1cc(C(=O)C2C(=O)CCCC2=O)c(Cl)c(C2CCCO2)c1S(C)(=O)=O. The van der Waals surface area contributed by atoms with Crippen LogP contribution in [0.25, 0.3) is 0 Å². The van der Waals surface area contributed by atoms with Crippen molar-refractivity contribution in [3.05, 3.63) is 27.8 Å². The Labute approximate surface area is 174 Å². The maximum absolute atomic E-state index is 13.2. The first-order valence-corrected chi connectivity index (χ1v) is 11.7. The second-order valence-corrected chi connectivity index (χ2v) is 9.76. The Morgan fingerprint density at radius 1 is 1.24 bits per heavy atom. The molecule has 3 rings (SSSR count). The Balaban J connectivity index is 2.24. The Kier molecular flexibility index (Phi) is 6.57. The lowest BCUT2D eigenvalue weighted by molar-refractivity contribution is -0.133. The number of halogens is 1. The zero-order valence-electron chi connectivity index (χ0n) is 16.3. The smallest absolute Gasteiger partial charge is 0.182 e. The van der Waals surface area contributed by atoms with E-state index in [1.807, 2.05) is 0 Å². The van der Waals surface area contributed by atoms with Crippen molar-refractivity contribution >= 4 is 38.8 Å². The van der Waals surface area contributed by atoms with Crippen molar-refractivity contribution in [1.82, 2.24) is 0 Å². The standard InChI is InChI=1S/C20H23ClO7S/c1-27-10-11-9-12(19(24)16-13(22)5-3-6-14(16)23)18(21)17(15-7-4-8-28-15)20(11)29(2,25)26/h9,15-16H,3-8,10H2,1-2H3. The highest BCUT2D eigenvalue weighted by molar-refractivity contribution is 7.90. The molecule has 1 aromatic carbocycles. The average Bonchev–Trinajstić information content (AvgIpc) is 3.15. The van der Waals surface area contributed by atoms with Crippen LogP contribution in [0.5, 0.6) is 0 Å². The quantitative estimate of drug-likeness (QED) is 0.492. The number of methoxy groups -OCH3 is 1. The first-order valence-electron chi connectivity index (χ1n) is 9.42. The molecule has 1 saturated carbocycles. The van der Waals surface area contributed by atoms with E-state index < -0.39 is 39.2 Å². The number of ketones is 3. The molecule has 0 amide bonds. The molecule has 7 nitrogen and oxygen atoms in total. The van der Waals surface area contributed by atoms with Gasteiger partial charge in [0.05, 0.1) is 22.6 Å². The molecular formula is C20H23ClO7S. The monoisotopic (exact) mass is 442 g/mol. The largest absolute Gasteiger partial charge is 0.380 e. The highest BCUT2D eigenvalue weighted by atomic mass is 35.5. The predicted molar refractivity (Wildman–Crippen MR) is 105 cm³/mol. The van der Waals surface area contributed by atoms with Gasteiger partial charge in [-0.25, -0.2) is 8.42 Å². The number of carbonyl (C=O) groups is 3. The molecule has 158 valence electrons. The van der Waals surface area contributed by atoms with Crippen molar-refractivity contribution in [2.45, 2.75) is 49.7 Å². The fourth-order valence-corrected chi connectivity index (χ4v) is 5.69. The van der Waals surface area contributed by atoms with Crippen molar-refractivity contribution in [3.63, 3.8) is 0 Å². The Morgan fingerprint density at radius 3 is 2.41 bits per heavy atom. The Morgan fingerprint density at radius 2 is 1.90 bits per heavy atom. The Hall–Kier alpha value is -1.61. The first kappa shape index (κ1) is 22.1. The minimum absolute atomic E-state index is 0.0194. The van der Waals surface area contributed by atoms with Crippen molar-refractivity contribution in [2.75, 3.05) is 20.0 Å². The van der Waals surface area contributed by atoms with Crippen molar-refractivity contribution < 1.29 is 32.3 Å². The molecule has 0 aromatic heterocycles. The van der Waals surface area contributed by atoms with E-state index in [-0.39, 0.29) is 46.1 Å². The van der Waals surface area contributed by atoms with Crippen LogP contribution < -0.4 is 0 Å². The number of ether oxygens (including phenoxy) is 2. The summed E-state index contributed by atoms with van der Waals surface area (Å²) in [6.45, 7) is 0.369. The van der Waals surface area contributed by atoms with Gasteiger partial charge in [0.15, 0.2) is 27.2 Å². The van der Waals surface area contributed by atoms with Gasteiger partial charge in [-0.15, -0.1) is 0 Å². The third kappa shape index (κ3) is 4.30. The summed E-state index contributed by atoms with van der Waals surface area (Å²) < 4.78 is 36.0. The van der Waals surface area contributed by atoms with Gasteiger partial charge in [-0.1, -0.05) is 11.6 Å². The maximum Gasteiger partial charge on any atom is 0.182 e. The molecule has 1 aliphatic heterocycles. The molecule has 1 aliphatic carbocycles. The molecule has 0 N–H and O–H groups in total. The van der Waals surface area contributed by atoms with E-state index in [1.165, 1.54) is 13.2 Å². The second-order valence-electron chi connectivity index (χ2n) is 7.43. The maximum atomic E-state index is 13.2. The van der Waals surface area contributed by atoms with Crippen LogP contribution in [0.2, 0.25) is 5.02 Å². The molecule has 0 bridgehead atoms. The van der Waals surface area contributed by atoms with E-state index in [4.69, 9.17) is 21.1 Å². The summed E-state index contributed by atoms with van der Waals surface area (Å²) >= 11 is 6.55. The summed E-state index contributed by atoms with van der Waals surface area (Å²) in [4.78, 5) is 37.7. The van der Waals surface area contributed by atoms with Crippen LogP contribution in [-0.4, -0.2) is 45.7 Å². The van der Waals surface area contributed by atoms with Crippen LogP contribution in [0.15, 0.2) is 11.0 Å². The van der Waals surface area contributed by atoms with Gasteiger partial charge in [-0.05, 0) is 30.9 Å². The van der Waals surface area contributed by atoms with E-state index in [9.17, 15) is 22.8 Å². The predicted octanol–water partition coefficient (Wildman–Crippen LogP) is 2.86. The van der Waals surface area contributed by atoms with Gasteiger partial charge >= 0.3 is 0 Å². The molecule has 2 aliphatic rings. The third-order valence-electron chi connectivity index (χ3n) is 5.27. The van der Waals surface area contributed by atoms with E-state index in [0.717, 1.165) is 12.7 Å². The van der Waals surface area contributed by atoms with Gasteiger partial charge in [0.25, 0.3) is 0 Å². The molecule has 1 heterocycles. The minimum atomic E-state index is -3.72. The van der Waals surface area contributed by atoms with Crippen LogP contribution in [0.1, 0.15) is 59.7 Å². The van der Waals surface area contributed by atoms with Gasteiger partial charge in [-0.2, -0.15) is 0 Å². The molecular weight excluding hydrogens is 420 g/mol. The zero-order valence-corrected chi connectivity index (χ0v) is 17.9. The van der Waals surface area contributed by atoms with E-state index in [1.54, 1.807) is 0 Å².